The van der Waals surface area contributed by atoms with Gasteiger partial charge in [0.05, 0.1) is 18.1 Å². The van der Waals surface area contributed by atoms with Crippen LogP contribution in [0.1, 0.15) is 15.9 Å². The number of nitrogens with zero attached hydrogens (tertiary/aromatic N) is 5. The molecule has 10 heteroatoms. The third-order valence-corrected chi connectivity index (χ3v) is 6.34. The molecule has 0 radical (unpaired) electrons. The standard InChI is InChI=1S/C18H18Br2N6O2/c1-10-12(19)7-11(18(27)28-2)8-13(10)25-3-5-26(6-4-25)17-14-15(20)23-24-16(14)21-9-22-17/h7-9H,3-6H2,1-2H3,(H,21,22,23,24). The molecule has 0 bridgehead atoms. The number of H-pyrrole nitrogens is 1. The summed E-state index contributed by atoms with van der Waals surface area (Å²) in [6.45, 7) is 5.24. The fourth-order valence-electron chi connectivity index (χ4n) is 3.43. The van der Waals surface area contributed by atoms with Gasteiger partial charge in [-0.25, -0.2) is 14.8 Å². The summed E-state index contributed by atoms with van der Waals surface area (Å²) in [6.07, 6.45) is 1.54. The van der Waals surface area contributed by atoms with Crippen LogP contribution < -0.4 is 9.80 Å². The number of methoxy groups -OCH3 is 1. The minimum atomic E-state index is -0.339. The summed E-state index contributed by atoms with van der Waals surface area (Å²) in [5.41, 5.74) is 3.32. The van der Waals surface area contributed by atoms with Gasteiger partial charge < -0.3 is 14.5 Å². The lowest BCUT2D eigenvalue weighted by Gasteiger charge is -2.37. The number of ether oxygens (including phenoxy) is 1. The summed E-state index contributed by atoms with van der Waals surface area (Å²) in [4.78, 5) is 25.2. The van der Waals surface area contributed by atoms with E-state index in [1.165, 1.54) is 7.11 Å². The van der Waals surface area contributed by atoms with Gasteiger partial charge in [0, 0.05) is 36.3 Å². The van der Waals surface area contributed by atoms with E-state index in [2.05, 4.69) is 61.8 Å². The van der Waals surface area contributed by atoms with Crippen molar-refractivity contribution in [2.45, 2.75) is 6.92 Å². The number of esters is 1. The monoisotopic (exact) mass is 508 g/mol. The molecule has 1 N–H and O–H groups in total. The van der Waals surface area contributed by atoms with Crippen LogP contribution in [0.4, 0.5) is 11.5 Å². The Morgan fingerprint density at radius 1 is 1.14 bits per heavy atom. The highest BCUT2D eigenvalue weighted by Gasteiger charge is 2.24. The first-order valence-electron chi connectivity index (χ1n) is 8.72. The second-order valence-electron chi connectivity index (χ2n) is 6.50. The van der Waals surface area contributed by atoms with E-state index in [1.807, 2.05) is 13.0 Å². The highest BCUT2D eigenvalue weighted by atomic mass is 79.9. The summed E-state index contributed by atoms with van der Waals surface area (Å²) < 4.78 is 6.56. The van der Waals surface area contributed by atoms with Crippen LogP contribution in [0.25, 0.3) is 11.0 Å². The maximum atomic E-state index is 12.0. The van der Waals surface area contributed by atoms with Gasteiger partial charge in [-0.1, -0.05) is 15.9 Å². The number of hydrogen-bond donors (Lipinski definition) is 1. The smallest absolute Gasteiger partial charge is 0.337 e. The van der Waals surface area contributed by atoms with E-state index in [4.69, 9.17) is 4.74 Å². The van der Waals surface area contributed by atoms with Crippen molar-refractivity contribution in [3.8, 4) is 0 Å². The van der Waals surface area contributed by atoms with Crippen LogP contribution in [0, 0.1) is 6.92 Å². The maximum Gasteiger partial charge on any atom is 0.337 e. The normalized spacial score (nSPS) is 14.6. The first-order valence-corrected chi connectivity index (χ1v) is 10.3. The first kappa shape index (κ1) is 19.1. The number of hydrogen-bond acceptors (Lipinski definition) is 7. The largest absolute Gasteiger partial charge is 0.465 e. The van der Waals surface area contributed by atoms with E-state index < -0.39 is 0 Å². The number of carbonyl (C=O) groups excluding carboxylic acids is 1. The number of carbonyl (C=O) groups is 1. The Morgan fingerprint density at radius 3 is 2.57 bits per heavy atom. The second-order valence-corrected chi connectivity index (χ2v) is 8.15. The molecule has 0 amide bonds. The predicted octanol–water partition coefficient (Wildman–Crippen LogP) is 3.30. The second kappa shape index (κ2) is 7.67. The molecular formula is C18H18Br2N6O2. The molecule has 2 aromatic heterocycles. The van der Waals surface area contributed by atoms with Crippen molar-refractivity contribution in [1.82, 2.24) is 20.2 Å². The third kappa shape index (κ3) is 3.35. The highest BCUT2D eigenvalue weighted by molar-refractivity contribution is 9.10. The zero-order valence-electron chi connectivity index (χ0n) is 15.4. The van der Waals surface area contributed by atoms with E-state index in [0.29, 0.717) is 11.2 Å². The van der Waals surface area contributed by atoms with E-state index in [-0.39, 0.29) is 5.97 Å². The topological polar surface area (TPSA) is 87.2 Å². The summed E-state index contributed by atoms with van der Waals surface area (Å²) in [7, 11) is 1.39. The minimum absolute atomic E-state index is 0.339. The van der Waals surface area contributed by atoms with Gasteiger partial charge in [0.15, 0.2) is 5.65 Å². The lowest BCUT2D eigenvalue weighted by Crippen LogP contribution is -2.47. The number of fused-ring (bicyclic) bond motifs is 1. The van der Waals surface area contributed by atoms with Gasteiger partial charge in [-0.05, 0) is 40.5 Å². The fourth-order valence-corrected chi connectivity index (χ4v) is 4.33. The molecule has 3 heterocycles. The van der Waals surface area contributed by atoms with Crippen LogP contribution in [-0.4, -0.2) is 59.4 Å². The molecule has 146 valence electrons. The van der Waals surface area contributed by atoms with Gasteiger partial charge in [-0.2, -0.15) is 5.10 Å². The van der Waals surface area contributed by atoms with Crippen molar-refractivity contribution >= 4 is 60.4 Å². The number of aromatic amines is 1. The lowest BCUT2D eigenvalue weighted by atomic mass is 10.1. The highest BCUT2D eigenvalue weighted by Crippen LogP contribution is 2.32. The Hall–Kier alpha value is -2.20. The van der Waals surface area contributed by atoms with Crippen molar-refractivity contribution in [1.29, 1.82) is 0 Å². The molecule has 3 aromatic rings. The van der Waals surface area contributed by atoms with Gasteiger partial charge >= 0.3 is 5.97 Å². The molecule has 8 nitrogen and oxygen atoms in total. The molecule has 0 spiro atoms. The van der Waals surface area contributed by atoms with Gasteiger partial charge in [-0.3, -0.25) is 5.10 Å². The van der Waals surface area contributed by atoms with Gasteiger partial charge in [0.25, 0.3) is 0 Å². The Bertz CT molecular complexity index is 1050. The SMILES string of the molecule is COC(=O)c1cc(Br)c(C)c(N2CCN(c3ncnc4n[nH]c(Br)c34)CC2)c1. The summed E-state index contributed by atoms with van der Waals surface area (Å²) in [5.74, 6) is 0.528. The summed E-state index contributed by atoms with van der Waals surface area (Å²) >= 11 is 7.06. The molecule has 1 saturated heterocycles. The fraction of sp³-hybridized carbons (Fsp3) is 0.333. The lowest BCUT2D eigenvalue weighted by molar-refractivity contribution is 0.0600. The molecule has 1 aromatic carbocycles. The maximum absolute atomic E-state index is 12.0. The van der Waals surface area contributed by atoms with E-state index in [9.17, 15) is 4.79 Å². The summed E-state index contributed by atoms with van der Waals surface area (Å²) in [6, 6.07) is 3.70. The molecule has 1 fully saturated rings. The molecule has 1 aliphatic heterocycles. The van der Waals surface area contributed by atoms with Crippen LogP contribution in [0.3, 0.4) is 0 Å². The Balaban J connectivity index is 1.58. The van der Waals surface area contributed by atoms with Gasteiger partial charge in [0.2, 0.25) is 0 Å². The first-order chi connectivity index (χ1) is 13.5. The van der Waals surface area contributed by atoms with E-state index >= 15 is 0 Å². The number of nitrogens with one attached hydrogen (secondary N) is 1. The van der Waals surface area contributed by atoms with Crippen molar-refractivity contribution in [2.24, 2.45) is 0 Å². The van der Waals surface area contributed by atoms with Crippen LogP contribution in [-0.2, 0) is 4.74 Å². The zero-order chi connectivity index (χ0) is 19.8. The minimum Gasteiger partial charge on any atom is -0.465 e. The summed E-state index contributed by atoms with van der Waals surface area (Å²) in [5, 5.41) is 7.98. The molecular weight excluding hydrogens is 492 g/mol. The molecule has 4 rings (SSSR count). The van der Waals surface area contributed by atoms with Crippen LogP contribution >= 0.6 is 31.9 Å². The molecule has 0 saturated carbocycles. The number of rotatable bonds is 3. The van der Waals surface area contributed by atoms with Crippen LogP contribution in [0.2, 0.25) is 0 Å². The number of benzene rings is 1. The average Bonchev–Trinajstić information content (AvgIpc) is 3.10. The third-order valence-electron chi connectivity index (χ3n) is 4.94. The molecule has 1 aliphatic rings. The quantitative estimate of drug-likeness (QED) is 0.542. The van der Waals surface area contributed by atoms with Gasteiger partial charge in [0.1, 0.15) is 16.7 Å². The van der Waals surface area contributed by atoms with E-state index in [1.54, 1.807) is 12.4 Å². The molecule has 28 heavy (non-hydrogen) atoms. The number of halogens is 2. The number of anilines is 2. The van der Waals surface area contributed by atoms with Crippen molar-refractivity contribution in [2.75, 3.05) is 43.1 Å². The molecule has 0 aliphatic carbocycles. The van der Waals surface area contributed by atoms with Gasteiger partial charge in [-0.15, -0.1) is 0 Å². The van der Waals surface area contributed by atoms with Crippen molar-refractivity contribution in [3.63, 3.8) is 0 Å². The molecule has 0 unspecified atom stereocenters. The number of piperazine rings is 1. The van der Waals surface area contributed by atoms with Crippen LogP contribution in [0.5, 0.6) is 0 Å². The van der Waals surface area contributed by atoms with Crippen molar-refractivity contribution < 1.29 is 9.53 Å². The average molecular weight is 510 g/mol. The van der Waals surface area contributed by atoms with Crippen molar-refractivity contribution in [3.05, 3.63) is 38.7 Å². The van der Waals surface area contributed by atoms with Crippen LogP contribution in [0.15, 0.2) is 27.5 Å². The Labute approximate surface area is 178 Å². The van der Waals surface area contributed by atoms with E-state index in [0.717, 1.165) is 57.7 Å². The Morgan fingerprint density at radius 2 is 1.86 bits per heavy atom. The Kier molecular flexibility index (Phi) is 5.24. The number of aromatic nitrogens is 4. The zero-order valence-corrected chi connectivity index (χ0v) is 18.5. The predicted molar refractivity (Wildman–Crippen MR) is 114 cm³/mol. The molecule has 0 atom stereocenters.